The van der Waals surface area contributed by atoms with E-state index in [1.165, 1.54) is 56.7 Å². The Morgan fingerprint density at radius 2 is 0.923 bits per heavy atom. The maximum atomic E-state index is 11.2. The molecule has 0 saturated heterocycles. The summed E-state index contributed by atoms with van der Waals surface area (Å²) in [6.45, 7) is 4.99. The molecule has 0 fully saturated rings. The summed E-state index contributed by atoms with van der Waals surface area (Å²) in [5.41, 5.74) is 3.63. The van der Waals surface area contributed by atoms with Crippen molar-refractivity contribution in [1.82, 2.24) is 0 Å². The fourth-order valence-corrected chi connectivity index (χ4v) is 3.62. The molecular formula is C30H30Cl7O13PS. The average Bonchev–Trinajstić information content (AvgIpc) is 3.04. The van der Waals surface area contributed by atoms with Crippen LogP contribution in [0, 0.1) is 20.8 Å². The first-order chi connectivity index (χ1) is 23.9. The third kappa shape index (κ3) is 24.5. The van der Waals surface area contributed by atoms with Gasteiger partial charge in [0.15, 0.2) is 0 Å². The van der Waals surface area contributed by atoms with Crippen molar-refractivity contribution >= 4 is 127 Å². The van der Waals surface area contributed by atoms with E-state index in [4.69, 9.17) is 42.7 Å². The number of aryl methyl sites for hydroxylation is 3. The van der Waals surface area contributed by atoms with Gasteiger partial charge in [-0.25, -0.2) is 23.4 Å². The van der Waals surface area contributed by atoms with Crippen molar-refractivity contribution in [2.24, 2.45) is 0 Å². The molecule has 0 aromatic heterocycles. The van der Waals surface area contributed by atoms with Crippen LogP contribution in [0.25, 0.3) is 0 Å². The summed E-state index contributed by atoms with van der Waals surface area (Å²) in [5.74, 6) is -2.94. The third-order valence-corrected chi connectivity index (χ3v) is 5.84. The van der Waals surface area contributed by atoms with Gasteiger partial charge in [0.05, 0.1) is 36.5 Å². The molecule has 288 valence electrons. The number of carbonyl (C=O) groups excluding carboxylic acids is 4. The fraction of sp³-hybridized carbons (Fsp3) is 0.200. The first-order valence-corrected chi connectivity index (χ1v) is 21.1. The lowest BCUT2D eigenvalue weighted by atomic mass is 10.1. The standard InChI is InChI=1S/C11H12O4.C9H6Cl2O2.C9H8O4.CH4O.Cl3OP.Cl2OS/c1-7-6-8(10(12)14-2)4-5-9(7)11(13)15-3;1-5-4-6(8(10)12)2-3-7(5)9(11)13;1-5-4-6(8(10)11)2-3-7(5)9(12)13;1-2;1-5(2,3)4;1-4(2)3/h4-6H,1-3H3;2-4H,1H3;2-4H,1H3,(H,10,11)(H,12,13);2H,1H3;;. The Bertz CT molecular complexity index is 1700. The number of halogens is 7. The van der Waals surface area contributed by atoms with Crippen LogP contribution in [-0.2, 0) is 23.3 Å². The zero-order chi connectivity index (χ0) is 41.5. The second kappa shape index (κ2) is 27.8. The quantitative estimate of drug-likeness (QED) is 0.120. The number of carboxylic acid groups (broad SMARTS) is 2. The van der Waals surface area contributed by atoms with E-state index in [0.29, 0.717) is 38.9 Å². The Balaban J connectivity index is -0.000000607. The Kier molecular flexibility index (Phi) is 28.7. The molecule has 0 spiro atoms. The Hall–Kier alpha value is -2.75. The van der Waals surface area contributed by atoms with Crippen LogP contribution in [0.1, 0.15) is 78.8 Å². The van der Waals surface area contributed by atoms with Gasteiger partial charge in [0.2, 0.25) is 9.23 Å². The van der Waals surface area contributed by atoms with Crippen LogP contribution >= 0.6 is 83.5 Å². The summed E-state index contributed by atoms with van der Waals surface area (Å²) >= 11 is 24.4. The molecule has 0 amide bonds. The number of aliphatic hydroxyl groups is 1. The molecule has 0 unspecified atom stereocenters. The van der Waals surface area contributed by atoms with Crippen LogP contribution < -0.4 is 0 Å². The zero-order valence-electron chi connectivity index (χ0n) is 27.6. The average molecular weight is 910 g/mol. The van der Waals surface area contributed by atoms with Gasteiger partial charge in [0.1, 0.15) is 0 Å². The van der Waals surface area contributed by atoms with E-state index in [2.05, 4.69) is 64.6 Å². The highest BCUT2D eigenvalue weighted by Crippen LogP contribution is 2.61. The molecule has 0 radical (unpaired) electrons. The van der Waals surface area contributed by atoms with Crippen molar-refractivity contribution in [3.05, 3.63) is 105 Å². The predicted molar refractivity (Wildman–Crippen MR) is 204 cm³/mol. The van der Waals surface area contributed by atoms with Crippen molar-refractivity contribution in [2.45, 2.75) is 20.8 Å². The molecule has 3 rings (SSSR count). The highest BCUT2D eigenvalue weighted by Gasteiger charge is 2.13. The Labute approximate surface area is 334 Å². The maximum absolute atomic E-state index is 11.2. The SMILES string of the molecule is CO.COC(=O)c1ccc(C(=O)OC)c(C)c1.Cc1cc(C(=O)Cl)ccc1C(=O)Cl.Cc1cc(C(=O)O)ccc1C(=O)O.O=P(Cl)(Cl)Cl.O=S(Cl)Cl. The zero-order valence-corrected chi connectivity index (χ0v) is 34.6. The molecule has 0 aliphatic rings. The maximum Gasteiger partial charge on any atom is 0.339 e. The highest BCUT2D eigenvalue weighted by molar-refractivity contribution is 8.26. The van der Waals surface area contributed by atoms with Crippen molar-refractivity contribution in [1.29, 1.82) is 0 Å². The van der Waals surface area contributed by atoms with Crippen molar-refractivity contribution in [2.75, 3.05) is 21.3 Å². The van der Waals surface area contributed by atoms with E-state index in [1.807, 2.05) is 0 Å². The smallest absolute Gasteiger partial charge is 0.339 e. The number of hydrogen-bond donors (Lipinski definition) is 3. The minimum Gasteiger partial charge on any atom is -0.478 e. The molecule has 22 heteroatoms. The van der Waals surface area contributed by atoms with E-state index in [1.54, 1.807) is 32.9 Å². The fourth-order valence-electron chi connectivity index (χ4n) is 3.29. The number of carbonyl (C=O) groups is 6. The molecule has 0 aliphatic heterocycles. The summed E-state index contributed by atoms with van der Waals surface area (Å²) in [5, 5.41) is 19.9. The molecule has 0 heterocycles. The first-order valence-electron chi connectivity index (χ1n) is 13.1. The summed E-state index contributed by atoms with van der Waals surface area (Å²) in [6.07, 6.45) is 0. The number of hydrogen-bond acceptors (Lipinski definition) is 11. The van der Waals surface area contributed by atoms with E-state index < -0.39 is 48.8 Å². The molecule has 13 nitrogen and oxygen atoms in total. The van der Waals surface area contributed by atoms with E-state index in [0.717, 1.165) is 7.11 Å². The predicted octanol–water partition coefficient (Wildman–Crippen LogP) is 9.17. The van der Waals surface area contributed by atoms with Crippen molar-refractivity contribution in [3.8, 4) is 0 Å². The van der Waals surface area contributed by atoms with E-state index >= 15 is 0 Å². The van der Waals surface area contributed by atoms with Crippen LogP contribution in [0.4, 0.5) is 0 Å². The van der Waals surface area contributed by atoms with Gasteiger partial charge in [-0.1, -0.05) is 0 Å². The monoisotopic (exact) mass is 906 g/mol. The van der Waals surface area contributed by atoms with Gasteiger partial charge < -0.3 is 24.8 Å². The van der Waals surface area contributed by atoms with Crippen LogP contribution in [0.15, 0.2) is 54.6 Å². The number of carboxylic acids is 2. The lowest BCUT2D eigenvalue weighted by molar-refractivity contribution is 0.0586. The van der Waals surface area contributed by atoms with Gasteiger partial charge in [-0.05, 0) is 149 Å². The minimum atomic E-state index is -3.22. The Morgan fingerprint density at radius 1 is 0.596 bits per heavy atom. The second-order valence-electron chi connectivity index (χ2n) is 8.81. The van der Waals surface area contributed by atoms with Crippen molar-refractivity contribution < 1.29 is 62.3 Å². The van der Waals surface area contributed by atoms with Crippen molar-refractivity contribution in [3.63, 3.8) is 0 Å². The number of benzene rings is 3. The summed E-state index contributed by atoms with van der Waals surface area (Å²) in [6, 6.07) is 13.1. The third-order valence-electron chi connectivity index (χ3n) is 5.42. The minimum absolute atomic E-state index is 0.0995. The molecule has 52 heavy (non-hydrogen) atoms. The molecular weight excluding hydrogens is 880 g/mol. The number of aliphatic hydroxyl groups excluding tert-OH is 1. The van der Waals surface area contributed by atoms with Gasteiger partial charge in [0, 0.05) is 39.6 Å². The van der Waals surface area contributed by atoms with Gasteiger partial charge in [-0.2, -0.15) is 0 Å². The van der Waals surface area contributed by atoms with Crippen LogP contribution in [-0.4, -0.2) is 75.2 Å². The molecule has 0 saturated carbocycles. The molecule has 0 atom stereocenters. The van der Waals surface area contributed by atoms with Gasteiger partial charge in [-0.3, -0.25) is 14.2 Å². The lowest BCUT2D eigenvalue weighted by Gasteiger charge is -2.05. The number of rotatable bonds is 6. The molecule has 3 aromatic rings. The number of aromatic carboxylic acids is 2. The molecule has 0 bridgehead atoms. The summed E-state index contributed by atoms with van der Waals surface area (Å²) < 4.78 is 27.7. The van der Waals surface area contributed by atoms with Gasteiger partial charge >= 0.3 is 29.1 Å². The van der Waals surface area contributed by atoms with E-state index in [9.17, 15) is 33.3 Å². The van der Waals surface area contributed by atoms with Crippen LogP contribution in [0.3, 0.4) is 0 Å². The Morgan fingerprint density at radius 3 is 1.25 bits per heavy atom. The van der Waals surface area contributed by atoms with Gasteiger partial charge in [-0.15, -0.1) is 0 Å². The van der Waals surface area contributed by atoms with E-state index in [-0.39, 0.29) is 11.1 Å². The second-order valence-corrected chi connectivity index (χ2v) is 18.7. The normalized spacial score (nSPS) is 9.52. The number of methoxy groups -OCH3 is 2. The molecule has 3 N–H and O–H groups in total. The number of esters is 2. The van der Waals surface area contributed by atoms with Crippen LogP contribution in [0.5, 0.6) is 0 Å². The topological polar surface area (TPSA) is 216 Å². The molecule has 0 aliphatic carbocycles. The first kappa shape index (κ1) is 53.6. The highest BCUT2D eigenvalue weighted by atomic mass is 36.0. The summed E-state index contributed by atoms with van der Waals surface area (Å²) in [7, 11) is 11.0. The van der Waals surface area contributed by atoms with Gasteiger partial charge in [0.25, 0.3) is 10.5 Å². The molecule has 3 aromatic carbocycles. The lowest BCUT2D eigenvalue weighted by Crippen LogP contribution is -2.07. The van der Waals surface area contributed by atoms with Crippen LogP contribution in [0.2, 0.25) is 0 Å². The number of ether oxygens (including phenoxy) is 2. The summed E-state index contributed by atoms with van der Waals surface area (Å²) in [4.78, 5) is 65.0. The largest absolute Gasteiger partial charge is 0.478 e.